The van der Waals surface area contributed by atoms with Gasteiger partial charge in [-0.05, 0) is 51.9 Å². The maximum absolute atomic E-state index is 12.1. The summed E-state index contributed by atoms with van der Waals surface area (Å²) in [5.41, 5.74) is -0.185. The number of carbonyl (C=O) groups excluding carboxylic acids is 2. The Balaban J connectivity index is 1.70. The van der Waals surface area contributed by atoms with Crippen molar-refractivity contribution >= 4 is 21.9 Å². The van der Waals surface area contributed by atoms with Crippen LogP contribution in [0, 0.1) is 23.2 Å². The van der Waals surface area contributed by atoms with E-state index in [1.54, 1.807) is 0 Å². The van der Waals surface area contributed by atoms with Crippen molar-refractivity contribution in [3.05, 3.63) is 0 Å². The van der Waals surface area contributed by atoms with Crippen molar-refractivity contribution in [2.24, 2.45) is 23.2 Å². The third kappa shape index (κ3) is 2.38. The van der Waals surface area contributed by atoms with Crippen molar-refractivity contribution in [2.45, 2.75) is 50.7 Å². The van der Waals surface area contributed by atoms with E-state index < -0.39 is 20.8 Å². The van der Waals surface area contributed by atoms with Crippen LogP contribution < -0.4 is 0 Å². The second kappa shape index (κ2) is 4.77. The van der Waals surface area contributed by atoms with Gasteiger partial charge in [0.2, 0.25) is 0 Å². The highest BCUT2D eigenvalue weighted by atomic mass is 32.2. The lowest BCUT2D eigenvalue weighted by molar-refractivity contribution is -0.163. The fourth-order valence-corrected chi connectivity index (χ4v) is 4.85. The van der Waals surface area contributed by atoms with Gasteiger partial charge in [-0.3, -0.25) is 14.1 Å². The van der Waals surface area contributed by atoms with Crippen LogP contribution in [0.1, 0.15) is 46.0 Å². The van der Waals surface area contributed by atoms with E-state index in [0.29, 0.717) is 11.7 Å². The molecule has 4 saturated carbocycles. The van der Waals surface area contributed by atoms with Gasteiger partial charge in [0.05, 0.1) is 6.61 Å². The summed E-state index contributed by atoms with van der Waals surface area (Å²) >= 11 is 0. The summed E-state index contributed by atoms with van der Waals surface area (Å²) < 4.78 is 35.0. The maximum atomic E-state index is 12.1. The van der Waals surface area contributed by atoms with Gasteiger partial charge in [0, 0.05) is 17.3 Å². The first-order valence-electron chi connectivity index (χ1n) is 7.72. The maximum Gasteiger partial charge on any atom is 0.329 e. The van der Waals surface area contributed by atoms with Crippen molar-refractivity contribution in [3.63, 3.8) is 0 Å². The van der Waals surface area contributed by atoms with Crippen LogP contribution >= 0.6 is 0 Å². The molecule has 2 unspecified atom stereocenters. The first-order chi connectivity index (χ1) is 10.0. The molecule has 1 N–H and O–H groups in total. The van der Waals surface area contributed by atoms with Crippen LogP contribution in [-0.4, -0.2) is 36.1 Å². The van der Waals surface area contributed by atoms with Gasteiger partial charge in [-0.25, -0.2) is 0 Å². The average molecular weight is 330 g/mol. The molecule has 4 fully saturated rings. The van der Waals surface area contributed by atoms with E-state index in [9.17, 15) is 18.0 Å². The fourth-order valence-electron chi connectivity index (χ4n) is 4.58. The zero-order valence-corrected chi connectivity index (χ0v) is 13.7. The molecule has 0 aliphatic heterocycles. The summed E-state index contributed by atoms with van der Waals surface area (Å²) in [5, 5.41) is 0. The van der Waals surface area contributed by atoms with Gasteiger partial charge in [-0.1, -0.05) is 0 Å². The number of Topliss-reactive ketones (excluding diaryl/α,β-unsaturated/α-hetero) is 1. The second-order valence-corrected chi connectivity index (χ2v) is 9.78. The van der Waals surface area contributed by atoms with Gasteiger partial charge in [0.1, 0.15) is 5.78 Å². The Morgan fingerprint density at radius 3 is 2.32 bits per heavy atom. The van der Waals surface area contributed by atoms with Crippen LogP contribution in [0.25, 0.3) is 0 Å². The molecule has 124 valence electrons. The standard InChI is InChI=1S/C15H22O6S/c1-14(2,22(18,19)20)13(17)21-8-15-5-9-3-10(6-15)12(16)11(4-9)7-15/h9-11H,3-8H2,1-2H3,(H,18,19,20). The minimum Gasteiger partial charge on any atom is -0.464 e. The largest absolute Gasteiger partial charge is 0.464 e. The molecule has 4 aliphatic carbocycles. The summed E-state index contributed by atoms with van der Waals surface area (Å²) in [6, 6.07) is 0. The Morgan fingerprint density at radius 2 is 1.82 bits per heavy atom. The van der Waals surface area contributed by atoms with Crippen LogP contribution in [0.3, 0.4) is 0 Å². The van der Waals surface area contributed by atoms with Crippen LogP contribution in [0.15, 0.2) is 0 Å². The molecule has 0 radical (unpaired) electrons. The molecule has 2 atom stereocenters. The highest BCUT2D eigenvalue weighted by Crippen LogP contribution is 2.58. The second-order valence-electron chi connectivity index (χ2n) is 7.81. The van der Waals surface area contributed by atoms with Gasteiger partial charge in [0.15, 0.2) is 4.75 Å². The molecule has 0 aromatic rings. The molecule has 6 nitrogen and oxygen atoms in total. The predicted molar refractivity (Wildman–Crippen MR) is 77.6 cm³/mol. The van der Waals surface area contributed by atoms with Crippen molar-refractivity contribution in [3.8, 4) is 0 Å². The molecule has 4 bridgehead atoms. The quantitative estimate of drug-likeness (QED) is 0.621. The SMILES string of the molecule is CC(C)(C(=O)OCC12CC3CC(C1)C(=O)C(C3)C2)S(=O)(=O)O. The lowest BCUT2D eigenvalue weighted by Crippen LogP contribution is -2.54. The summed E-state index contributed by atoms with van der Waals surface area (Å²) in [7, 11) is -4.52. The van der Waals surface area contributed by atoms with E-state index in [4.69, 9.17) is 9.29 Å². The Bertz CT molecular complexity index is 602. The van der Waals surface area contributed by atoms with E-state index in [2.05, 4.69) is 0 Å². The molecular weight excluding hydrogens is 308 g/mol. The molecule has 0 amide bonds. The van der Waals surface area contributed by atoms with E-state index in [1.807, 2.05) is 0 Å². The fraction of sp³-hybridized carbons (Fsp3) is 0.867. The number of ether oxygens (including phenoxy) is 1. The molecular formula is C15H22O6S. The monoisotopic (exact) mass is 330 g/mol. The van der Waals surface area contributed by atoms with E-state index >= 15 is 0 Å². The summed E-state index contributed by atoms with van der Waals surface area (Å²) in [5.74, 6) is 0.107. The van der Waals surface area contributed by atoms with Crippen LogP contribution in [0.2, 0.25) is 0 Å². The molecule has 22 heavy (non-hydrogen) atoms. The van der Waals surface area contributed by atoms with Crippen molar-refractivity contribution in [1.82, 2.24) is 0 Å². The minimum absolute atomic E-state index is 0.0829. The highest BCUT2D eigenvalue weighted by Gasteiger charge is 2.56. The van der Waals surface area contributed by atoms with Crippen molar-refractivity contribution < 1.29 is 27.3 Å². The Hall–Kier alpha value is -0.950. The first-order valence-corrected chi connectivity index (χ1v) is 9.16. The number of hydrogen-bond acceptors (Lipinski definition) is 5. The molecule has 0 aromatic heterocycles. The lowest BCUT2D eigenvalue weighted by atomic mass is 9.49. The molecule has 0 aromatic carbocycles. The van der Waals surface area contributed by atoms with Crippen LogP contribution in [0.4, 0.5) is 0 Å². The number of esters is 1. The number of hydrogen-bond donors (Lipinski definition) is 1. The molecule has 0 saturated heterocycles. The third-order valence-electron chi connectivity index (χ3n) is 5.77. The van der Waals surface area contributed by atoms with Crippen molar-refractivity contribution in [1.29, 1.82) is 0 Å². The first kappa shape index (κ1) is 15.9. The third-order valence-corrected chi connectivity index (χ3v) is 7.22. The predicted octanol–water partition coefficient (Wildman–Crippen LogP) is 1.59. The Kier molecular flexibility index (Phi) is 3.45. The average Bonchev–Trinajstić information content (AvgIpc) is 2.40. The molecule has 4 rings (SSSR count). The Labute approximate surface area is 130 Å². The highest BCUT2D eigenvalue weighted by molar-refractivity contribution is 7.88. The molecule has 0 spiro atoms. The molecule has 0 heterocycles. The van der Waals surface area contributed by atoms with Gasteiger partial charge in [0.25, 0.3) is 10.1 Å². The van der Waals surface area contributed by atoms with E-state index in [-0.39, 0.29) is 23.9 Å². The smallest absolute Gasteiger partial charge is 0.329 e. The lowest BCUT2D eigenvalue weighted by Gasteiger charge is -2.55. The Morgan fingerprint density at radius 1 is 1.27 bits per heavy atom. The summed E-state index contributed by atoms with van der Waals surface area (Å²) in [6.45, 7) is 2.41. The van der Waals surface area contributed by atoms with Gasteiger partial charge in [-0.2, -0.15) is 8.42 Å². The van der Waals surface area contributed by atoms with Gasteiger partial charge in [-0.15, -0.1) is 0 Å². The zero-order valence-electron chi connectivity index (χ0n) is 12.9. The van der Waals surface area contributed by atoms with Crippen LogP contribution in [-0.2, 0) is 24.4 Å². The van der Waals surface area contributed by atoms with E-state index in [1.165, 1.54) is 0 Å². The van der Waals surface area contributed by atoms with Gasteiger partial charge >= 0.3 is 5.97 Å². The van der Waals surface area contributed by atoms with Crippen LogP contribution in [0.5, 0.6) is 0 Å². The number of ketones is 1. The van der Waals surface area contributed by atoms with Gasteiger partial charge < -0.3 is 4.74 Å². The zero-order chi connectivity index (χ0) is 16.3. The number of carbonyl (C=O) groups is 2. The van der Waals surface area contributed by atoms with Crippen molar-refractivity contribution in [2.75, 3.05) is 6.61 Å². The normalized spacial score (nSPS) is 37.4. The summed E-state index contributed by atoms with van der Waals surface area (Å²) in [6.07, 6.45) is 4.30. The van der Waals surface area contributed by atoms with E-state index in [0.717, 1.165) is 46.0 Å². The molecule has 7 heteroatoms. The molecule has 4 aliphatic rings. The summed E-state index contributed by atoms with van der Waals surface area (Å²) in [4.78, 5) is 24.2. The topological polar surface area (TPSA) is 97.7 Å². The number of rotatable bonds is 4. The minimum atomic E-state index is -4.52.